The van der Waals surface area contributed by atoms with Crippen molar-refractivity contribution in [3.05, 3.63) is 131 Å². The maximum Gasteiger partial charge on any atom is 0.224 e. The summed E-state index contributed by atoms with van der Waals surface area (Å²) in [6.07, 6.45) is 1.59. The summed E-state index contributed by atoms with van der Waals surface area (Å²) in [4.78, 5) is 18.0. The Morgan fingerprint density at radius 1 is 0.976 bits per heavy atom. The second kappa shape index (κ2) is 11.9. The smallest absolute Gasteiger partial charge is 0.224 e. The molecule has 0 fully saturated rings. The van der Waals surface area contributed by atoms with Crippen LogP contribution in [0.1, 0.15) is 28.4 Å². The quantitative estimate of drug-likeness (QED) is 0.229. The summed E-state index contributed by atoms with van der Waals surface area (Å²) in [6.45, 7) is 0. The normalized spacial score (nSPS) is 11.6. The highest BCUT2D eigenvalue weighted by Gasteiger charge is 2.22. The minimum atomic E-state index is -0.806. The number of nitriles is 1. The number of hydrogen-bond acceptors (Lipinski definition) is 4. The predicted molar refractivity (Wildman–Crippen MR) is 149 cm³/mol. The fourth-order valence-corrected chi connectivity index (χ4v) is 4.91. The molecule has 0 aliphatic carbocycles. The fourth-order valence-electron chi connectivity index (χ4n) is 4.91. The molecule has 1 heterocycles. The van der Waals surface area contributed by atoms with Crippen molar-refractivity contribution in [1.29, 1.82) is 5.26 Å². The van der Waals surface area contributed by atoms with Gasteiger partial charge < -0.3 is 10.1 Å². The predicted octanol–water partition coefficient (Wildman–Crippen LogP) is 6.84. The molecular weight excluding hydrogens is 527 g/mol. The number of hydrogen-bond donors (Lipinski definition) is 1. The van der Waals surface area contributed by atoms with Gasteiger partial charge in [-0.2, -0.15) is 5.26 Å². The summed E-state index contributed by atoms with van der Waals surface area (Å²) >= 11 is 0. The summed E-state index contributed by atoms with van der Waals surface area (Å²) in [7, 11) is 1.57. The van der Waals surface area contributed by atoms with Gasteiger partial charge in [0.2, 0.25) is 5.91 Å². The highest BCUT2D eigenvalue weighted by atomic mass is 19.1. The van der Waals surface area contributed by atoms with Crippen LogP contribution in [0.4, 0.5) is 13.2 Å². The van der Waals surface area contributed by atoms with Gasteiger partial charge in [0, 0.05) is 17.8 Å². The van der Waals surface area contributed by atoms with E-state index in [0.29, 0.717) is 28.1 Å². The lowest BCUT2D eigenvalue weighted by molar-refractivity contribution is -0.121. The lowest BCUT2D eigenvalue weighted by atomic mass is 9.94. The van der Waals surface area contributed by atoms with E-state index in [9.17, 15) is 23.2 Å². The number of halogens is 3. The third-order valence-electron chi connectivity index (χ3n) is 6.79. The van der Waals surface area contributed by atoms with Gasteiger partial charge >= 0.3 is 0 Å². The third kappa shape index (κ3) is 6.20. The van der Waals surface area contributed by atoms with Gasteiger partial charge in [0.1, 0.15) is 29.3 Å². The molecule has 0 saturated heterocycles. The summed E-state index contributed by atoms with van der Waals surface area (Å²) in [5.74, 6) is -1.82. The number of ether oxygens (including phenoxy) is 1. The Bertz CT molecular complexity index is 1780. The Labute approximate surface area is 234 Å². The monoisotopic (exact) mass is 551 g/mol. The van der Waals surface area contributed by atoms with E-state index in [4.69, 9.17) is 4.74 Å². The summed E-state index contributed by atoms with van der Waals surface area (Å²) in [6, 6.07) is 23.0. The van der Waals surface area contributed by atoms with Crippen molar-refractivity contribution in [1.82, 2.24) is 10.3 Å². The van der Waals surface area contributed by atoms with Crippen LogP contribution >= 0.6 is 0 Å². The number of amides is 1. The highest BCUT2D eigenvalue weighted by molar-refractivity contribution is 5.91. The summed E-state index contributed by atoms with van der Waals surface area (Å²) < 4.78 is 47.6. The van der Waals surface area contributed by atoms with Crippen LogP contribution in [-0.2, 0) is 17.6 Å². The Morgan fingerprint density at radius 2 is 1.78 bits per heavy atom. The van der Waals surface area contributed by atoms with E-state index < -0.39 is 23.5 Å². The van der Waals surface area contributed by atoms with E-state index >= 15 is 0 Å². The molecule has 1 aromatic heterocycles. The molecule has 1 atom stereocenters. The maximum absolute atomic E-state index is 14.1. The van der Waals surface area contributed by atoms with Crippen LogP contribution in [-0.4, -0.2) is 18.0 Å². The van der Waals surface area contributed by atoms with Crippen molar-refractivity contribution in [3.8, 4) is 22.9 Å². The molecule has 0 bridgehead atoms. The number of carbonyl (C=O) groups excluding carboxylic acids is 1. The Hall–Kier alpha value is -5.16. The first-order chi connectivity index (χ1) is 19.8. The van der Waals surface area contributed by atoms with Crippen molar-refractivity contribution < 1.29 is 22.7 Å². The highest BCUT2D eigenvalue weighted by Crippen LogP contribution is 2.31. The number of rotatable bonds is 8. The Kier molecular flexibility index (Phi) is 7.97. The van der Waals surface area contributed by atoms with Crippen molar-refractivity contribution in [2.45, 2.75) is 18.9 Å². The average molecular weight is 552 g/mol. The summed E-state index contributed by atoms with van der Waals surface area (Å²) in [5, 5.41) is 14.1. The van der Waals surface area contributed by atoms with E-state index in [-0.39, 0.29) is 24.3 Å². The number of fused-ring (bicyclic) bond motifs is 1. The van der Waals surface area contributed by atoms with Gasteiger partial charge in [-0.25, -0.2) is 13.2 Å². The van der Waals surface area contributed by atoms with Crippen LogP contribution in [0.3, 0.4) is 0 Å². The largest absolute Gasteiger partial charge is 0.497 e. The molecule has 0 saturated carbocycles. The lowest BCUT2D eigenvalue weighted by Crippen LogP contribution is -2.32. The van der Waals surface area contributed by atoms with Gasteiger partial charge in [-0.15, -0.1) is 0 Å². The zero-order valence-electron chi connectivity index (χ0n) is 22.0. The minimum absolute atomic E-state index is 0.0236. The van der Waals surface area contributed by atoms with Crippen molar-refractivity contribution in [2.75, 3.05) is 7.11 Å². The first-order valence-corrected chi connectivity index (χ1v) is 12.8. The Morgan fingerprint density at radius 3 is 2.54 bits per heavy atom. The van der Waals surface area contributed by atoms with E-state index in [2.05, 4.69) is 10.3 Å². The molecule has 0 radical (unpaired) electrons. The molecule has 1 N–H and O–H groups in total. The molecule has 204 valence electrons. The third-order valence-corrected chi connectivity index (χ3v) is 6.79. The SMILES string of the molecule is COc1ccc2cccc(CC(=O)N[C@@H](Cc3cc(F)cc(F)c3)c3ncccc3-c3ccc(F)c(C#N)c3)c2c1. The van der Waals surface area contributed by atoms with Crippen LogP contribution in [0.5, 0.6) is 5.75 Å². The molecule has 4 aromatic carbocycles. The molecule has 1 amide bonds. The topological polar surface area (TPSA) is 75.0 Å². The van der Waals surface area contributed by atoms with Crippen LogP contribution < -0.4 is 10.1 Å². The van der Waals surface area contributed by atoms with Crippen LogP contribution in [0.15, 0.2) is 91.1 Å². The van der Waals surface area contributed by atoms with Gasteiger partial charge in [0.25, 0.3) is 0 Å². The maximum atomic E-state index is 14.1. The minimum Gasteiger partial charge on any atom is -0.497 e. The van der Waals surface area contributed by atoms with E-state index in [0.717, 1.165) is 22.4 Å². The van der Waals surface area contributed by atoms with Crippen molar-refractivity contribution >= 4 is 16.7 Å². The van der Waals surface area contributed by atoms with Crippen molar-refractivity contribution in [2.24, 2.45) is 0 Å². The standard InChI is InChI=1S/C33H24F3N3O2/c1-41-27-9-7-21-4-2-5-22(29(21)18-27)16-32(40)39-31(14-20-12-25(34)17-26(35)13-20)33-28(6-3-11-38-33)23-8-10-30(36)24(15-23)19-37/h2-13,15,17-18,31H,14,16H2,1H3,(H,39,40)/t31-/m0/s1. The first kappa shape index (κ1) is 27.4. The Balaban J connectivity index is 1.53. The molecule has 0 aliphatic heterocycles. The van der Waals surface area contributed by atoms with E-state index in [1.54, 1.807) is 19.2 Å². The number of aromatic nitrogens is 1. The fraction of sp³-hybridized carbons (Fsp3) is 0.121. The number of carbonyl (C=O) groups is 1. The average Bonchev–Trinajstić information content (AvgIpc) is 2.96. The van der Waals surface area contributed by atoms with E-state index in [1.807, 2.05) is 42.5 Å². The second-order valence-corrected chi connectivity index (χ2v) is 9.53. The van der Waals surface area contributed by atoms with Gasteiger partial charge in [0.05, 0.1) is 30.8 Å². The number of methoxy groups -OCH3 is 1. The first-order valence-electron chi connectivity index (χ1n) is 12.8. The molecule has 0 unspecified atom stereocenters. The van der Waals surface area contributed by atoms with Gasteiger partial charge in [-0.05, 0) is 76.3 Å². The van der Waals surface area contributed by atoms with Gasteiger partial charge in [-0.1, -0.05) is 36.4 Å². The van der Waals surface area contributed by atoms with Crippen LogP contribution in [0, 0.1) is 28.8 Å². The molecule has 0 spiro atoms. The second-order valence-electron chi connectivity index (χ2n) is 9.53. The lowest BCUT2D eigenvalue weighted by Gasteiger charge is -2.22. The molecule has 41 heavy (non-hydrogen) atoms. The molecule has 5 nitrogen and oxygen atoms in total. The molecule has 5 rings (SSSR count). The molecule has 0 aliphatic rings. The zero-order chi connectivity index (χ0) is 28.9. The molecule has 8 heteroatoms. The number of pyridine rings is 1. The van der Waals surface area contributed by atoms with Gasteiger partial charge in [0.15, 0.2) is 0 Å². The molecular formula is C33H24F3N3O2. The zero-order valence-corrected chi connectivity index (χ0v) is 22.0. The van der Waals surface area contributed by atoms with Gasteiger partial charge in [-0.3, -0.25) is 9.78 Å². The number of nitrogens with one attached hydrogen (secondary N) is 1. The molecule has 5 aromatic rings. The van der Waals surface area contributed by atoms with E-state index in [1.165, 1.54) is 36.5 Å². The van der Waals surface area contributed by atoms with Crippen molar-refractivity contribution in [3.63, 3.8) is 0 Å². The van der Waals surface area contributed by atoms with Crippen LogP contribution in [0.2, 0.25) is 0 Å². The number of nitrogens with zero attached hydrogens (tertiary/aromatic N) is 2. The van der Waals surface area contributed by atoms with Crippen LogP contribution in [0.25, 0.3) is 21.9 Å². The number of benzene rings is 4. The summed E-state index contributed by atoms with van der Waals surface area (Å²) in [5.41, 5.74) is 2.40.